The first-order chi connectivity index (χ1) is 4.57. The number of hydrogen-bond acceptors (Lipinski definition) is 2. The van der Waals surface area contributed by atoms with Crippen LogP contribution in [0, 0.1) is 0 Å². The van der Waals surface area contributed by atoms with Gasteiger partial charge in [-0.05, 0) is 0 Å². The zero-order valence-corrected chi connectivity index (χ0v) is 5.86. The van der Waals surface area contributed by atoms with Gasteiger partial charge in [0.1, 0.15) is 11.6 Å². The van der Waals surface area contributed by atoms with Gasteiger partial charge in [0, 0.05) is 6.08 Å². The first-order valence-electron chi connectivity index (χ1n) is 2.62. The summed E-state index contributed by atoms with van der Waals surface area (Å²) in [6, 6.07) is 0. The van der Waals surface area contributed by atoms with E-state index in [9.17, 15) is 4.39 Å². The summed E-state index contributed by atoms with van der Waals surface area (Å²) >= 11 is 0. The van der Waals surface area contributed by atoms with E-state index in [1.807, 2.05) is 0 Å². The van der Waals surface area contributed by atoms with E-state index in [1.54, 1.807) is 0 Å². The van der Waals surface area contributed by atoms with E-state index in [1.165, 1.54) is 7.11 Å². The average Bonchev–Trinajstić information content (AvgIpc) is 1.81. The van der Waals surface area contributed by atoms with Crippen LogP contribution < -0.4 is 5.73 Å². The summed E-state index contributed by atoms with van der Waals surface area (Å²) in [7, 11) is 1.38. The van der Waals surface area contributed by atoms with Crippen molar-refractivity contribution < 1.29 is 9.13 Å². The Morgan fingerprint density at radius 2 is 2.10 bits per heavy atom. The molecule has 0 heterocycles. The van der Waals surface area contributed by atoms with Crippen molar-refractivity contribution in [3.63, 3.8) is 0 Å². The predicted molar refractivity (Wildman–Crippen MR) is 38.7 cm³/mol. The van der Waals surface area contributed by atoms with Gasteiger partial charge in [-0.25, -0.2) is 4.39 Å². The lowest BCUT2D eigenvalue weighted by atomic mass is 10.3. The smallest absolute Gasteiger partial charge is 0.144 e. The van der Waals surface area contributed by atoms with Gasteiger partial charge >= 0.3 is 0 Å². The Hall–Kier alpha value is -1.25. The lowest BCUT2D eigenvalue weighted by Crippen LogP contribution is -2.00. The number of allylic oxidation sites excluding steroid dienone is 2. The summed E-state index contributed by atoms with van der Waals surface area (Å²) < 4.78 is 16.7. The van der Waals surface area contributed by atoms with Gasteiger partial charge < -0.3 is 10.5 Å². The average molecular weight is 143 g/mol. The maximum atomic E-state index is 12.1. The third kappa shape index (κ3) is 2.91. The fraction of sp³-hybridized carbons (Fsp3) is 0.143. The summed E-state index contributed by atoms with van der Waals surface area (Å²) in [4.78, 5) is 0. The summed E-state index contributed by atoms with van der Waals surface area (Å²) in [6.07, 6.45) is 1.07. The van der Waals surface area contributed by atoms with E-state index in [0.717, 1.165) is 6.08 Å². The third-order valence-electron chi connectivity index (χ3n) is 0.824. The molecule has 2 N–H and O–H groups in total. The highest BCUT2D eigenvalue weighted by Gasteiger charge is 1.96. The van der Waals surface area contributed by atoms with Crippen molar-refractivity contribution >= 4 is 0 Å². The maximum absolute atomic E-state index is 12.1. The normalized spacial score (nSPS) is 10.8. The molecule has 56 valence electrons. The monoisotopic (exact) mass is 143 g/mol. The van der Waals surface area contributed by atoms with Crippen LogP contribution in [0.5, 0.6) is 0 Å². The quantitative estimate of drug-likeness (QED) is 0.479. The number of halogens is 1. The van der Waals surface area contributed by atoms with Gasteiger partial charge in [-0.2, -0.15) is 0 Å². The molecule has 0 aromatic carbocycles. The molecule has 0 aromatic heterocycles. The molecule has 0 aromatic rings. The second-order valence-corrected chi connectivity index (χ2v) is 1.68. The third-order valence-corrected chi connectivity index (χ3v) is 0.824. The molecule has 0 aliphatic carbocycles. The molecule has 0 spiro atoms. The molecule has 0 aliphatic heterocycles. The first-order valence-corrected chi connectivity index (χ1v) is 2.62. The molecule has 0 radical (unpaired) electrons. The summed E-state index contributed by atoms with van der Waals surface area (Å²) in [5, 5.41) is 0. The number of nitrogens with two attached hydrogens (primary N) is 1. The van der Waals surface area contributed by atoms with Crippen LogP contribution in [0.1, 0.15) is 0 Å². The van der Waals surface area contributed by atoms with E-state index in [-0.39, 0.29) is 11.5 Å². The largest absolute Gasteiger partial charge is 0.495 e. The molecule has 2 nitrogen and oxygen atoms in total. The Morgan fingerprint density at radius 1 is 1.60 bits per heavy atom. The minimum absolute atomic E-state index is 0.182. The fourth-order valence-corrected chi connectivity index (χ4v) is 0.425. The van der Waals surface area contributed by atoms with Crippen LogP contribution in [-0.2, 0) is 4.74 Å². The van der Waals surface area contributed by atoms with Gasteiger partial charge in [0.2, 0.25) is 0 Å². The molecule has 0 fully saturated rings. The zero-order chi connectivity index (χ0) is 8.15. The van der Waals surface area contributed by atoms with E-state index in [0.29, 0.717) is 0 Å². The van der Waals surface area contributed by atoms with E-state index in [4.69, 9.17) is 5.73 Å². The Morgan fingerprint density at radius 3 is 2.20 bits per heavy atom. The Kier molecular flexibility index (Phi) is 3.25. The van der Waals surface area contributed by atoms with Gasteiger partial charge in [0.15, 0.2) is 0 Å². The Balaban J connectivity index is 4.34. The van der Waals surface area contributed by atoms with Crippen LogP contribution in [0.4, 0.5) is 4.39 Å². The molecule has 0 aliphatic rings. The van der Waals surface area contributed by atoms with Crippen LogP contribution in [-0.4, -0.2) is 7.11 Å². The lowest BCUT2D eigenvalue weighted by Gasteiger charge is -2.02. The molecule has 0 amide bonds. The molecule has 0 rings (SSSR count). The SMILES string of the molecule is C=C(F)/C=C(/OC)C(=C)N. The van der Waals surface area contributed by atoms with Crippen LogP contribution >= 0.6 is 0 Å². The van der Waals surface area contributed by atoms with Crippen LogP contribution in [0.15, 0.2) is 36.5 Å². The lowest BCUT2D eigenvalue weighted by molar-refractivity contribution is 0.299. The Labute approximate surface area is 59.5 Å². The summed E-state index contributed by atoms with van der Waals surface area (Å²) in [6.45, 7) is 6.36. The first kappa shape index (κ1) is 8.75. The van der Waals surface area contributed by atoms with Gasteiger partial charge in [-0.15, -0.1) is 0 Å². The molecule has 0 atom stereocenters. The number of methoxy groups -OCH3 is 1. The molecule has 0 saturated heterocycles. The standard InChI is InChI=1S/C7H10FNO/c1-5(8)4-7(10-3)6(2)9/h4H,1-2,9H2,3H3/b7-4+. The van der Waals surface area contributed by atoms with Gasteiger partial charge in [-0.3, -0.25) is 0 Å². The second-order valence-electron chi connectivity index (χ2n) is 1.68. The van der Waals surface area contributed by atoms with Crippen molar-refractivity contribution in [1.29, 1.82) is 0 Å². The number of ether oxygens (including phenoxy) is 1. The highest BCUT2D eigenvalue weighted by molar-refractivity contribution is 5.25. The maximum Gasteiger partial charge on any atom is 0.144 e. The minimum Gasteiger partial charge on any atom is -0.495 e. The molecule has 3 heteroatoms. The number of hydrogen-bond donors (Lipinski definition) is 1. The predicted octanol–water partition coefficient (Wildman–Crippen LogP) is 1.47. The Bertz CT molecular complexity index is 184. The summed E-state index contributed by atoms with van der Waals surface area (Å²) in [5.74, 6) is -0.407. The van der Waals surface area contributed by atoms with Crippen molar-refractivity contribution in [2.75, 3.05) is 7.11 Å². The summed E-state index contributed by atoms with van der Waals surface area (Å²) in [5.41, 5.74) is 5.38. The molecule has 0 unspecified atom stereocenters. The number of rotatable bonds is 3. The van der Waals surface area contributed by atoms with Crippen molar-refractivity contribution in [2.24, 2.45) is 5.73 Å². The van der Waals surface area contributed by atoms with Crippen LogP contribution in [0.25, 0.3) is 0 Å². The van der Waals surface area contributed by atoms with E-state index in [2.05, 4.69) is 17.9 Å². The zero-order valence-electron chi connectivity index (χ0n) is 5.86. The molecule has 0 saturated carbocycles. The minimum atomic E-state index is -0.608. The molecule has 0 bridgehead atoms. The second kappa shape index (κ2) is 3.71. The van der Waals surface area contributed by atoms with Crippen LogP contribution in [0.3, 0.4) is 0 Å². The van der Waals surface area contributed by atoms with Crippen molar-refractivity contribution in [3.05, 3.63) is 36.5 Å². The van der Waals surface area contributed by atoms with Gasteiger partial charge in [-0.1, -0.05) is 13.2 Å². The van der Waals surface area contributed by atoms with Crippen molar-refractivity contribution in [2.45, 2.75) is 0 Å². The topological polar surface area (TPSA) is 35.2 Å². The molecular weight excluding hydrogens is 133 g/mol. The van der Waals surface area contributed by atoms with Crippen molar-refractivity contribution in [3.8, 4) is 0 Å². The highest BCUT2D eigenvalue weighted by Crippen LogP contribution is 2.06. The van der Waals surface area contributed by atoms with E-state index >= 15 is 0 Å². The van der Waals surface area contributed by atoms with Crippen molar-refractivity contribution in [1.82, 2.24) is 0 Å². The molecular formula is C7H10FNO. The highest BCUT2D eigenvalue weighted by atomic mass is 19.1. The van der Waals surface area contributed by atoms with Gasteiger partial charge in [0.25, 0.3) is 0 Å². The molecule has 10 heavy (non-hydrogen) atoms. The van der Waals surface area contributed by atoms with Gasteiger partial charge in [0.05, 0.1) is 12.8 Å². The van der Waals surface area contributed by atoms with E-state index < -0.39 is 5.83 Å². The van der Waals surface area contributed by atoms with Crippen LogP contribution in [0.2, 0.25) is 0 Å². The fourth-order valence-electron chi connectivity index (χ4n) is 0.425.